The first-order valence-corrected chi connectivity index (χ1v) is 19.0. The molecule has 0 radical (unpaired) electrons. The zero-order chi connectivity index (χ0) is 34.5. The minimum atomic E-state index is -2.81. The molecule has 5 nitrogen and oxygen atoms in total. The molecule has 1 aliphatic heterocycles. The average Bonchev–Trinajstić information content (AvgIpc) is 3.41. The largest absolute Gasteiger partial charge is 0.430 e. The molecule has 4 aromatic rings. The Balaban J connectivity index is 1.48. The molecule has 1 aliphatic rings. The fraction of sp³-hybridized carbons (Fsp3) is 0.333. The predicted molar refractivity (Wildman–Crippen MR) is 197 cm³/mol. The number of ether oxygens (including phenoxy) is 1. The highest BCUT2D eigenvalue weighted by Crippen LogP contribution is 2.47. The first kappa shape index (κ1) is 35.1. The Bertz CT molecular complexity index is 1600. The quantitative estimate of drug-likeness (QED) is 0.120. The van der Waals surface area contributed by atoms with Crippen molar-refractivity contribution < 1.29 is 18.8 Å². The van der Waals surface area contributed by atoms with Crippen molar-refractivity contribution in [3.63, 3.8) is 0 Å². The van der Waals surface area contributed by atoms with Crippen LogP contribution in [0.4, 0.5) is 4.79 Å². The second kappa shape index (κ2) is 14.5. The summed E-state index contributed by atoms with van der Waals surface area (Å²) in [7, 11) is -2.81. The molecule has 0 N–H and O–H groups in total. The van der Waals surface area contributed by atoms with E-state index in [4.69, 9.17) is 9.16 Å². The maximum absolute atomic E-state index is 14.1. The molecule has 1 unspecified atom stereocenters. The summed E-state index contributed by atoms with van der Waals surface area (Å²) in [4.78, 5) is 29.1. The lowest BCUT2D eigenvalue weighted by Crippen LogP contribution is -2.68. The van der Waals surface area contributed by atoms with Gasteiger partial charge in [-0.1, -0.05) is 176 Å². The lowest BCUT2D eigenvalue weighted by molar-refractivity contribution is -0.125. The summed E-state index contributed by atoms with van der Waals surface area (Å²) in [5, 5.41) is 2.25. The molecular weight excluding hydrogens is 611 g/mol. The number of amides is 2. The first-order valence-electron chi connectivity index (χ1n) is 17.1. The summed E-state index contributed by atoms with van der Waals surface area (Å²) in [6.45, 7) is 15.2. The van der Waals surface area contributed by atoms with E-state index in [1.54, 1.807) is 0 Å². The van der Waals surface area contributed by atoms with Gasteiger partial charge in [0.15, 0.2) is 5.60 Å². The third kappa shape index (κ3) is 6.56. The molecule has 1 saturated heterocycles. The Hall–Kier alpha value is -4.26. The Morgan fingerprint density at radius 1 is 0.792 bits per heavy atom. The van der Waals surface area contributed by atoms with Gasteiger partial charge in [-0.15, -0.1) is 0 Å². The number of benzene rings is 4. The highest BCUT2D eigenvalue weighted by molar-refractivity contribution is 6.99. The van der Waals surface area contributed by atoms with E-state index in [1.165, 1.54) is 21.3 Å². The van der Waals surface area contributed by atoms with E-state index in [0.29, 0.717) is 6.42 Å². The molecule has 0 spiro atoms. The molecule has 250 valence electrons. The third-order valence-corrected chi connectivity index (χ3v) is 14.6. The number of hydrogen-bond donors (Lipinski definition) is 0. The predicted octanol–water partition coefficient (Wildman–Crippen LogP) is 8.48. The molecule has 0 aliphatic carbocycles. The van der Waals surface area contributed by atoms with Crippen molar-refractivity contribution >= 4 is 30.7 Å². The van der Waals surface area contributed by atoms with E-state index in [-0.39, 0.29) is 28.9 Å². The van der Waals surface area contributed by atoms with Gasteiger partial charge in [-0.25, -0.2) is 9.69 Å². The molecule has 6 heteroatoms. The number of nitrogens with zero attached hydrogens (tertiary/aromatic N) is 1. The summed E-state index contributed by atoms with van der Waals surface area (Å²) < 4.78 is 13.8. The van der Waals surface area contributed by atoms with E-state index in [2.05, 4.69) is 83.1 Å². The van der Waals surface area contributed by atoms with Crippen LogP contribution in [0.3, 0.4) is 0 Å². The van der Waals surface area contributed by atoms with Crippen LogP contribution in [0.1, 0.15) is 66.0 Å². The van der Waals surface area contributed by atoms with Crippen LogP contribution >= 0.6 is 0 Å². The zero-order valence-electron chi connectivity index (χ0n) is 29.3. The second-order valence-corrected chi connectivity index (χ2v) is 18.7. The Kier molecular flexibility index (Phi) is 10.6. The minimum absolute atomic E-state index is 0.0869. The molecule has 4 aromatic carbocycles. The molecule has 2 atom stereocenters. The average molecular weight is 660 g/mol. The van der Waals surface area contributed by atoms with Crippen LogP contribution < -0.4 is 10.4 Å². The number of hydrogen-bond acceptors (Lipinski definition) is 4. The van der Waals surface area contributed by atoms with Crippen LogP contribution in [0, 0.1) is 11.8 Å². The van der Waals surface area contributed by atoms with Crippen molar-refractivity contribution in [3.8, 4) is 0 Å². The molecule has 2 amide bonds. The van der Waals surface area contributed by atoms with Gasteiger partial charge in [0, 0.05) is 11.1 Å². The molecule has 0 saturated carbocycles. The lowest BCUT2D eigenvalue weighted by Gasteiger charge is -2.46. The standard InChI is InChI=1S/C42H49NO4Si/c1-31(2)37(47-48(41(5,6)7,35-25-16-10-17-26-35)36-27-18-11-19-28-36)29-20-30-38(44)43-39(32(3)4)42(46-40(43)45,33-21-12-8-13-22-33)34-23-14-9-15-24-34/h8-28,30-32,37,39H,29H2,1-7H3/b30-20+/t37-,39?/m1/s1. The van der Waals surface area contributed by atoms with Crippen molar-refractivity contribution in [2.45, 2.75) is 77.7 Å². The number of rotatable bonds is 11. The number of imide groups is 1. The highest BCUT2D eigenvalue weighted by Gasteiger charge is 2.59. The molecule has 5 rings (SSSR count). The van der Waals surface area contributed by atoms with Gasteiger partial charge in [0.2, 0.25) is 0 Å². The molecular formula is C42H49NO4Si. The number of carbonyl (C=O) groups excluding carboxylic acids is 2. The van der Waals surface area contributed by atoms with Crippen LogP contribution in [0.25, 0.3) is 0 Å². The fourth-order valence-corrected chi connectivity index (χ4v) is 12.1. The van der Waals surface area contributed by atoms with Gasteiger partial charge in [-0.3, -0.25) is 4.79 Å². The van der Waals surface area contributed by atoms with Gasteiger partial charge >= 0.3 is 6.09 Å². The van der Waals surface area contributed by atoms with Crippen LogP contribution in [-0.4, -0.2) is 37.4 Å². The Labute approximate surface area is 287 Å². The van der Waals surface area contributed by atoms with E-state index in [1.807, 2.05) is 92.7 Å². The maximum atomic E-state index is 14.1. The second-order valence-electron chi connectivity index (χ2n) is 14.4. The summed E-state index contributed by atoms with van der Waals surface area (Å²) >= 11 is 0. The van der Waals surface area contributed by atoms with Gasteiger partial charge in [-0.2, -0.15) is 0 Å². The van der Waals surface area contributed by atoms with E-state index in [0.717, 1.165) is 11.1 Å². The van der Waals surface area contributed by atoms with E-state index in [9.17, 15) is 9.59 Å². The normalized spacial score (nSPS) is 17.2. The maximum Gasteiger partial charge on any atom is 0.418 e. The fourth-order valence-electron chi connectivity index (χ4n) is 7.29. The van der Waals surface area contributed by atoms with Crippen molar-refractivity contribution in [2.24, 2.45) is 11.8 Å². The topological polar surface area (TPSA) is 55.8 Å². The first-order chi connectivity index (χ1) is 22.9. The molecule has 0 aromatic heterocycles. The highest BCUT2D eigenvalue weighted by atomic mass is 28.4. The van der Waals surface area contributed by atoms with Gasteiger partial charge in [-0.05, 0) is 39.7 Å². The van der Waals surface area contributed by atoms with Crippen LogP contribution in [0.5, 0.6) is 0 Å². The monoisotopic (exact) mass is 659 g/mol. The molecule has 0 bridgehead atoms. The third-order valence-electron chi connectivity index (χ3n) is 9.53. The van der Waals surface area contributed by atoms with Gasteiger partial charge < -0.3 is 9.16 Å². The van der Waals surface area contributed by atoms with Crippen molar-refractivity contribution in [1.82, 2.24) is 4.90 Å². The Morgan fingerprint density at radius 3 is 1.62 bits per heavy atom. The van der Waals surface area contributed by atoms with Crippen molar-refractivity contribution in [3.05, 3.63) is 145 Å². The van der Waals surface area contributed by atoms with Gasteiger partial charge in [0.25, 0.3) is 14.2 Å². The lowest BCUT2D eigenvalue weighted by atomic mass is 9.75. The van der Waals surface area contributed by atoms with Crippen molar-refractivity contribution in [2.75, 3.05) is 0 Å². The summed E-state index contributed by atoms with van der Waals surface area (Å²) in [5.41, 5.74) is 0.534. The van der Waals surface area contributed by atoms with E-state index < -0.39 is 26.1 Å². The number of cyclic esters (lactones) is 1. The molecule has 1 heterocycles. The zero-order valence-corrected chi connectivity index (χ0v) is 30.3. The van der Waals surface area contributed by atoms with Crippen molar-refractivity contribution in [1.29, 1.82) is 0 Å². The minimum Gasteiger partial charge on any atom is -0.430 e. The number of carbonyl (C=O) groups is 2. The molecule has 1 fully saturated rings. The van der Waals surface area contributed by atoms with Gasteiger partial charge in [0.05, 0.1) is 12.1 Å². The summed E-state index contributed by atoms with van der Waals surface area (Å²) in [6.07, 6.45) is 3.12. The van der Waals surface area contributed by atoms with Crippen LogP contribution in [0.2, 0.25) is 5.04 Å². The van der Waals surface area contributed by atoms with Gasteiger partial charge in [0.1, 0.15) is 0 Å². The van der Waals surface area contributed by atoms with Crippen LogP contribution in [0.15, 0.2) is 133 Å². The van der Waals surface area contributed by atoms with Crippen LogP contribution in [-0.2, 0) is 19.6 Å². The molecule has 48 heavy (non-hydrogen) atoms. The summed E-state index contributed by atoms with van der Waals surface area (Å²) in [6, 6.07) is 40.1. The van der Waals surface area contributed by atoms with E-state index >= 15 is 0 Å². The Morgan fingerprint density at radius 2 is 1.23 bits per heavy atom. The summed E-state index contributed by atoms with van der Waals surface area (Å²) in [5.74, 6) is -0.299. The SMILES string of the molecule is CC(C)C1N(C(=O)/C=C/C[C@@H](O[Si](c2ccccc2)(c2ccccc2)C(C)(C)C)C(C)C)C(=O)OC1(c1ccccc1)c1ccccc1. The smallest absolute Gasteiger partial charge is 0.418 e.